The van der Waals surface area contributed by atoms with E-state index in [1.54, 1.807) is 25.3 Å². The summed E-state index contributed by atoms with van der Waals surface area (Å²) in [5.41, 5.74) is 3.56. The average molecular weight is 338 g/mol. The molecule has 0 bridgehead atoms. The van der Waals surface area contributed by atoms with E-state index in [0.29, 0.717) is 5.56 Å². The lowest BCUT2D eigenvalue weighted by Gasteiger charge is -2.29. The molecule has 0 aromatic heterocycles. The Kier molecular flexibility index (Phi) is 3.79. The van der Waals surface area contributed by atoms with Crippen molar-refractivity contribution in [2.45, 2.75) is 25.8 Å². The van der Waals surface area contributed by atoms with Crippen LogP contribution in [0.15, 0.2) is 47.6 Å². The molecule has 1 amide bonds. The number of carbonyl (C=O) groups excluding carboxylic acids is 1. The number of aryl methyl sites for hydroxylation is 1. The first-order valence-electron chi connectivity index (χ1n) is 8.40. The fourth-order valence-electron chi connectivity index (χ4n) is 3.90. The topological polar surface area (TPSA) is 41.9 Å². The molecule has 1 aliphatic carbocycles. The van der Waals surface area contributed by atoms with Crippen molar-refractivity contribution in [3.05, 3.63) is 65.0 Å². The fraction of sp³-hybridized carbons (Fsp3) is 0.300. The summed E-state index contributed by atoms with van der Waals surface area (Å²) in [6, 6.07) is 12.2. The Hall–Kier alpha value is -2.69. The molecule has 4 nitrogen and oxygen atoms in total. The van der Waals surface area contributed by atoms with Crippen molar-refractivity contribution in [1.82, 2.24) is 5.01 Å². The van der Waals surface area contributed by atoms with Crippen LogP contribution in [0.5, 0.6) is 5.75 Å². The zero-order chi connectivity index (χ0) is 17.6. The van der Waals surface area contributed by atoms with Gasteiger partial charge in [-0.15, -0.1) is 0 Å². The van der Waals surface area contributed by atoms with E-state index >= 15 is 0 Å². The Labute approximate surface area is 145 Å². The quantitative estimate of drug-likeness (QED) is 0.838. The minimum atomic E-state index is -0.395. The number of carbonyl (C=O) groups is 1. The van der Waals surface area contributed by atoms with Crippen molar-refractivity contribution in [3.63, 3.8) is 0 Å². The van der Waals surface area contributed by atoms with E-state index in [1.165, 1.54) is 23.6 Å². The third-order valence-electron chi connectivity index (χ3n) is 5.08. The monoisotopic (exact) mass is 338 g/mol. The fourth-order valence-corrected chi connectivity index (χ4v) is 3.90. The Morgan fingerprint density at radius 1 is 1.28 bits per heavy atom. The molecule has 4 rings (SSSR count). The van der Waals surface area contributed by atoms with Crippen molar-refractivity contribution >= 4 is 11.6 Å². The normalized spacial score (nSPS) is 21.4. The highest BCUT2D eigenvalue weighted by atomic mass is 19.1. The molecule has 25 heavy (non-hydrogen) atoms. The second-order valence-electron chi connectivity index (χ2n) is 6.48. The molecule has 2 atom stereocenters. The summed E-state index contributed by atoms with van der Waals surface area (Å²) in [7, 11) is 1.63. The third kappa shape index (κ3) is 2.51. The number of fused-ring (bicyclic) bond motifs is 3. The molecule has 0 N–H and O–H groups in total. The van der Waals surface area contributed by atoms with Crippen LogP contribution in [0, 0.1) is 11.7 Å². The highest BCUT2D eigenvalue weighted by Crippen LogP contribution is 2.44. The van der Waals surface area contributed by atoms with Gasteiger partial charge in [0, 0.05) is 24.0 Å². The summed E-state index contributed by atoms with van der Waals surface area (Å²) in [6.45, 7) is 1.47. The summed E-state index contributed by atoms with van der Waals surface area (Å²) < 4.78 is 19.8. The maximum Gasteiger partial charge on any atom is 0.240 e. The lowest BCUT2D eigenvalue weighted by atomic mass is 9.77. The van der Waals surface area contributed by atoms with E-state index < -0.39 is 6.04 Å². The predicted octanol–water partition coefficient (Wildman–Crippen LogP) is 3.70. The van der Waals surface area contributed by atoms with Crippen LogP contribution in [-0.4, -0.2) is 23.7 Å². The van der Waals surface area contributed by atoms with Crippen LogP contribution < -0.4 is 4.74 Å². The molecular weight excluding hydrogens is 319 g/mol. The van der Waals surface area contributed by atoms with Gasteiger partial charge in [-0.2, -0.15) is 5.10 Å². The number of hydrogen-bond donors (Lipinski definition) is 0. The number of nitrogens with zero attached hydrogens (tertiary/aromatic N) is 2. The van der Waals surface area contributed by atoms with E-state index in [9.17, 15) is 9.18 Å². The van der Waals surface area contributed by atoms with Crippen LogP contribution in [0.2, 0.25) is 0 Å². The molecule has 0 spiro atoms. The molecule has 0 fully saturated rings. The molecule has 5 heteroatoms. The number of benzene rings is 2. The number of ether oxygens (including phenoxy) is 1. The van der Waals surface area contributed by atoms with Crippen LogP contribution in [0.4, 0.5) is 4.39 Å². The van der Waals surface area contributed by atoms with Crippen molar-refractivity contribution < 1.29 is 13.9 Å². The second-order valence-corrected chi connectivity index (χ2v) is 6.48. The molecule has 2 aliphatic rings. The van der Waals surface area contributed by atoms with E-state index in [-0.39, 0.29) is 17.6 Å². The number of hydrazone groups is 1. The van der Waals surface area contributed by atoms with Crippen LogP contribution in [-0.2, 0) is 11.2 Å². The number of rotatable bonds is 2. The zero-order valence-electron chi connectivity index (χ0n) is 14.2. The summed E-state index contributed by atoms with van der Waals surface area (Å²) in [4.78, 5) is 12.2. The first-order chi connectivity index (χ1) is 12.1. The van der Waals surface area contributed by atoms with Gasteiger partial charge in [-0.25, -0.2) is 9.40 Å². The SMILES string of the molecule is COc1ccc2c(c1)C1=NN(C(C)=O)[C@@H](c3ccccc3F)[C@H]1CC2. The summed E-state index contributed by atoms with van der Waals surface area (Å²) in [5, 5.41) is 6.04. The van der Waals surface area contributed by atoms with Crippen LogP contribution >= 0.6 is 0 Å². The van der Waals surface area contributed by atoms with Gasteiger partial charge in [0.2, 0.25) is 5.91 Å². The largest absolute Gasteiger partial charge is 0.497 e. The van der Waals surface area contributed by atoms with Crippen LogP contribution in [0.25, 0.3) is 0 Å². The minimum Gasteiger partial charge on any atom is -0.497 e. The summed E-state index contributed by atoms with van der Waals surface area (Å²) >= 11 is 0. The average Bonchev–Trinajstić information content (AvgIpc) is 3.02. The minimum absolute atomic E-state index is 0.0135. The second kappa shape index (κ2) is 5.99. The van der Waals surface area contributed by atoms with Gasteiger partial charge in [-0.1, -0.05) is 24.3 Å². The van der Waals surface area contributed by atoms with Gasteiger partial charge in [0.15, 0.2) is 0 Å². The zero-order valence-corrected chi connectivity index (χ0v) is 14.2. The highest BCUT2D eigenvalue weighted by Gasteiger charge is 2.44. The van der Waals surface area contributed by atoms with Gasteiger partial charge in [-0.05, 0) is 36.6 Å². The molecule has 2 aromatic rings. The number of methoxy groups -OCH3 is 1. The van der Waals surface area contributed by atoms with E-state index in [1.807, 2.05) is 18.2 Å². The van der Waals surface area contributed by atoms with E-state index in [4.69, 9.17) is 4.74 Å². The van der Waals surface area contributed by atoms with Crippen molar-refractivity contribution in [3.8, 4) is 5.75 Å². The molecule has 0 saturated heterocycles. The Bertz CT molecular complexity index is 878. The molecule has 0 saturated carbocycles. The number of halogens is 1. The first-order valence-corrected chi connectivity index (χ1v) is 8.40. The molecule has 128 valence electrons. The van der Waals surface area contributed by atoms with Crippen LogP contribution in [0.1, 0.15) is 36.1 Å². The smallest absolute Gasteiger partial charge is 0.240 e. The standard InChI is InChI=1S/C20H19FN2O2/c1-12(24)23-20(15-5-3-4-6-18(15)21)16-10-8-13-7-9-14(25-2)11-17(13)19(16)22-23/h3-7,9,11,16,20H,8,10H2,1-2H3/t16-,20-/m0/s1. The third-order valence-corrected chi connectivity index (χ3v) is 5.08. The van der Waals surface area contributed by atoms with E-state index in [0.717, 1.165) is 29.9 Å². The highest BCUT2D eigenvalue weighted by molar-refractivity contribution is 6.07. The Balaban J connectivity index is 1.83. The molecule has 0 radical (unpaired) electrons. The first kappa shape index (κ1) is 15.8. The van der Waals surface area contributed by atoms with Gasteiger partial charge >= 0.3 is 0 Å². The predicted molar refractivity (Wildman–Crippen MR) is 93.0 cm³/mol. The van der Waals surface area contributed by atoms with Gasteiger partial charge in [0.1, 0.15) is 11.6 Å². The van der Waals surface area contributed by atoms with Crippen LogP contribution in [0.3, 0.4) is 0 Å². The van der Waals surface area contributed by atoms with Crippen molar-refractivity contribution in [2.75, 3.05) is 7.11 Å². The van der Waals surface area contributed by atoms with Gasteiger partial charge in [0.05, 0.1) is 18.9 Å². The molecule has 1 heterocycles. The maximum atomic E-state index is 14.4. The number of amides is 1. The summed E-state index contributed by atoms with van der Waals surface area (Å²) in [6.07, 6.45) is 1.71. The van der Waals surface area contributed by atoms with Gasteiger partial charge in [0.25, 0.3) is 0 Å². The molecular formula is C20H19FN2O2. The maximum absolute atomic E-state index is 14.4. The molecule has 0 unspecified atom stereocenters. The lowest BCUT2D eigenvalue weighted by Crippen LogP contribution is -2.31. The van der Waals surface area contributed by atoms with Gasteiger partial charge < -0.3 is 4.74 Å². The lowest BCUT2D eigenvalue weighted by molar-refractivity contribution is -0.131. The summed E-state index contributed by atoms with van der Waals surface area (Å²) in [5.74, 6) is 0.262. The Morgan fingerprint density at radius 3 is 2.80 bits per heavy atom. The Morgan fingerprint density at radius 2 is 2.08 bits per heavy atom. The van der Waals surface area contributed by atoms with Crippen molar-refractivity contribution in [2.24, 2.45) is 11.0 Å². The van der Waals surface area contributed by atoms with Crippen molar-refractivity contribution in [1.29, 1.82) is 0 Å². The molecule has 1 aliphatic heterocycles. The molecule has 2 aromatic carbocycles. The van der Waals surface area contributed by atoms with Gasteiger partial charge in [-0.3, -0.25) is 4.79 Å². The van der Waals surface area contributed by atoms with E-state index in [2.05, 4.69) is 5.10 Å². The number of hydrogen-bond acceptors (Lipinski definition) is 3.